The third-order valence-electron chi connectivity index (χ3n) is 5.48. The van der Waals surface area contributed by atoms with Crippen molar-refractivity contribution in [3.63, 3.8) is 0 Å². The Labute approximate surface area is 165 Å². The van der Waals surface area contributed by atoms with Crippen molar-refractivity contribution in [1.29, 1.82) is 0 Å². The third kappa shape index (κ3) is 3.84. The molecular weight excluding hydrogens is 352 g/mol. The molecule has 7 heteroatoms. The van der Waals surface area contributed by atoms with E-state index in [2.05, 4.69) is 46.5 Å². The first-order valence-corrected chi connectivity index (χ1v) is 9.61. The molecule has 1 saturated heterocycles. The van der Waals surface area contributed by atoms with Crippen molar-refractivity contribution in [1.82, 2.24) is 24.6 Å². The minimum absolute atomic E-state index is 0.0764. The van der Waals surface area contributed by atoms with Gasteiger partial charge in [0.25, 0.3) is 0 Å². The van der Waals surface area contributed by atoms with Crippen LogP contribution in [-0.2, 0) is 7.05 Å². The van der Waals surface area contributed by atoms with Crippen molar-refractivity contribution in [2.75, 3.05) is 32.5 Å². The van der Waals surface area contributed by atoms with Gasteiger partial charge in [-0.25, -0.2) is 9.78 Å². The lowest BCUT2D eigenvalue weighted by Crippen LogP contribution is -2.46. The molecule has 0 atom stereocenters. The number of fused-ring (bicyclic) bond motifs is 1. The second-order valence-corrected chi connectivity index (χ2v) is 7.65. The summed E-state index contributed by atoms with van der Waals surface area (Å²) in [6.45, 7) is 1.54. The fourth-order valence-electron chi connectivity index (χ4n) is 3.73. The minimum Gasteiger partial charge on any atom is -0.324 e. The van der Waals surface area contributed by atoms with Crippen molar-refractivity contribution in [3.8, 4) is 11.1 Å². The summed E-state index contributed by atoms with van der Waals surface area (Å²) < 4.78 is 1.79. The molecule has 4 rings (SSSR count). The molecule has 1 aliphatic rings. The second-order valence-electron chi connectivity index (χ2n) is 7.65. The van der Waals surface area contributed by atoms with Crippen LogP contribution in [0.1, 0.15) is 12.8 Å². The van der Waals surface area contributed by atoms with Crippen LogP contribution in [0.25, 0.3) is 21.9 Å². The fraction of sp³-hybridized carbons (Fsp3) is 0.381. The molecule has 2 aromatic heterocycles. The number of piperidine rings is 1. The first kappa shape index (κ1) is 18.4. The van der Waals surface area contributed by atoms with Crippen LogP contribution in [-0.4, -0.2) is 63.8 Å². The third-order valence-corrected chi connectivity index (χ3v) is 5.48. The highest BCUT2D eigenvalue weighted by Gasteiger charge is 2.24. The number of aromatic nitrogens is 3. The summed E-state index contributed by atoms with van der Waals surface area (Å²) in [6, 6.07) is 8.61. The van der Waals surface area contributed by atoms with E-state index in [1.54, 1.807) is 10.9 Å². The molecule has 1 N–H and O–H groups in total. The van der Waals surface area contributed by atoms with E-state index in [-0.39, 0.29) is 6.03 Å². The fourth-order valence-corrected chi connectivity index (χ4v) is 3.73. The summed E-state index contributed by atoms with van der Waals surface area (Å²) in [6.07, 6.45) is 7.64. The number of anilines is 1. The minimum atomic E-state index is -0.0764. The predicted octanol–water partition coefficient (Wildman–Crippen LogP) is 3.19. The molecular formula is C21H26N6O. The molecule has 0 spiro atoms. The van der Waals surface area contributed by atoms with E-state index in [4.69, 9.17) is 0 Å². The van der Waals surface area contributed by atoms with E-state index < -0.39 is 0 Å². The van der Waals surface area contributed by atoms with Gasteiger partial charge in [0.1, 0.15) is 5.82 Å². The monoisotopic (exact) mass is 378 g/mol. The van der Waals surface area contributed by atoms with Gasteiger partial charge in [0, 0.05) is 49.5 Å². The second kappa shape index (κ2) is 7.59. The number of likely N-dealkylation sites (tertiary alicyclic amines) is 1. The largest absolute Gasteiger partial charge is 0.324 e. The Morgan fingerprint density at radius 1 is 1.11 bits per heavy atom. The Balaban J connectivity index is 1.49. The van der Waals surface area contributed by atoms with Crippen LogP contribution in [0.3, 0.4) is 0 Å². The number of urea groups is 1. The molecule has 0 bridgehead atoms. The highest BCUT2D eigenvalue weighted by atomic mass is 16.2. The Morgan fingerprint density at radius 2 is 1.89 bits per heavy atom. The van der Waals surface area contributed by atoms with Gasteiger partial charge in [0.2, 0.25) is 0 Å². The molecule has 1 aromatic carbocycles. The summed E-state index contributed by atoms with van der Waals surface area (Å²) in [5.74, 6) is 0.579. The highest BCUT2D eigenvalue weighted by molar-refractivity contribution is 5.93. The number of benzene rings is 1. The summed E-state index contributed by atoms with van der Waals surface area (Å²) in [7, 11) is 6.10. The maximum absolute atomic E-state index is 12.6. The molecule has 0 aliphatic carbocycles. The SMILES string of the molecule is CN(C)C1CCN(C(=O)Nc2cc3cc(-c4cnn(C)c4)ccc3cn2)CC1. The molecule has 1 fully saturated rings. The van der Waals surface area contributed by atoms with Gasteiger partial charge in [-0.1, -0.05) is 12.1 Å². The Morgan fingerprint density at radius 3 is 2.57 bits per heavy atom. The van der Waals surface area contributed by atoms with Crippen molar-refractivity contribution >= 4 is 22.6 Å². The molecule has 0 saturated carbocycles. The lowest BCUT2D eigenvalue weighted by molar-refractivity contribution is 0.156. The van der Waals surface area contributed by atoms with Crippen molar-refractivity contribution < 1.29 is 4.79 Å². The van der Waals surface area contributed by atoms with Crippen molar-refractivity contribution in [2.24, 2.45) is 7.05 Å². The first-order chi connectivity index (χ1) is 13.5. The van der Waals surface area contributed by atoms with Crippen LogP contribution in [0, 0.1) is 0 Å². The molecule has 28 heavy (non-hydrogen) atoms. The number of carbonyl (C=O) groups excluding carboxylic acids is 1. The summed E-state index contributed by atoms with van der Waals surface area (Å²) in [5.41, 5.74) is 2.16. The zero-order chi connectivity index (χ0) is 19.7. The predicted molar refractivity (Wildman–Crippen MR) is 111 cm³/mol. The Kier molecular flexibility index (Phi) is 5.00. The van der Waals surface area contributed by atoms with Gasteiger partial charge in [0.05, 0.1) is 6.20 Å². The molecule has 0 unspecified atom stereocenters. The molecule has 2 amide bonds. The van der Waals surface area contributed by atoms with Gasteiger partial charge in [-0.3, -0.25) is 10.00 Å². The number of carbonyl (C=O) groups is 1. The molecule has 3 heterocycles. The van der Waals surface area contributed by atoms with Gasteiger partial charge < -0.3 is 9.80 Å². The van der Waals surface area contributed by atoms with E-state index in [9.17, 15) is 4.79 Å². The lowest BCUT2D eigenvalue weighted by atomic mass is 10.0. The highest BCUT2D eigenvalue weighted by Crippen LogP contribution is 2.25. The van der Waals surface area contributed by atoms with Crippen molar-refractivity contribution in [2.45, 2.75) is 18.9 Å². The van der Waals surface area contributed by atoms with E-state index in [1.807, 2.05) is 36.5 Å². The molecule has 1 aliphatic heterocycles. The topological polar surface area (TPSA) is 66.3 Å². The van der Waals surface area contributed by atoms with Gasteiger partial charge in [-0.2, -0.15) is 5.10 Å². The standard InChI is InChI=1S/C21H26N6O/c1-25(2)19-6-8-27(9-7-19)21(28)24-20-11-17-10-15(4-5-16(17)12-22-20)18-13-23-26(3)14-18/h4-5,10-14,19H,6-9H2,1-3H3,(H,22,24,28). The zero-order valence-corrected chi connectivity index (χ0v) is 16.6. The summed E-state index contributed by atoms with van der Waals surface area (Å²) >= 11 is 0. The van der Waals surface area contributed by atoms with Crippen LogP contribution >= 0.6 is 0 Å². The van der Waals surface area contributed by atoms with E-state index in [0.29, 0.717) is 11.9 Å². The number of amides is 2. The van der Waals surface area contributed by atoms with Crippen molar-refractivity contribution in [3.05, 3.63) is 42.9 Å². The molecule has 146 valence electrons. The molecule has 7 nitrogen and oxygen atoms in total. The average Bonchev–Trinajstić information content (AvgIpc) is 3.14. The van der Waals surface area contributed by atoms with Gasteiger partial charge in [0.15, 0.2) is 0 Å². The normalized spacial score (nSPS) is 15.4. The van der Waals surface area contributed by atoms with Crippen LogP contribution in [0.15, 0.2) is 42.9 Å². The van der Waals surface area contributed by atoms with Crippen LogP contribution in [0.4, 0.5) is 10.6 Å². The quantitative estimate of drug-likeness (QED) is 0.760. The zero-order valence-electron chi connectivity index (χ0n) is 16.6. The maximum atomic E-state index is 12.6. The van der Waals surface area contributed by atoms with Gasteiger partial charge >= 0.3 is 6.03 Å². The van der Waals surface area contributed by atoms with Gasteiger partial charge in [-0.15, -0.1) is 0 Å². The van der Waals surface area contributed by atoms with E-state index >= 15 is 0 Å². The number of hydrogen-bond donors (Lipinski definition) is 1. The summed E-state index contributed by atoms with van der Waals surface area (Å²) in [5, 5.41) is 9.27. The smallest absolute Gasteiger partial charge is 0.323 e. The molecule has 3 aromatic rings. The number of aryl methyl sites for hydroxylation is 1. The average molecular weight is 378 g/mol. The summed E-state index contributed by atoms with van der Waals surface area (Å²) in [4.78, 5) is 21.1. The van der Waals surface area contributed by atoms with Crippen LogP contribution in [0.2, 0.25) is 0 Å². The maximum Gasteiger partial charge on any atom is 0.323 e. The van der Waals surface area contributed by atoms with Crippen LogP contribution in [0.5, 0.6) is 0 Å². The number of nitrogens with one attached hydrogen (secondary N) is 1. The Hall–Kier alpha value is -2.93. The number of rotatable bonds is 3. The lowest BCUT2D eigenvalue weighted by Gasteiger charge is -2.35. The first-order valence-electron chi connectivity index (χ1n) is 9.61. The van der Waals surface area contributed by atoms with E-state index in [1.165, 1.54) is 0 Å². The molecule has 0 radical (unpaired) electrons. The van der Waals surface area contributed by atoms with Gasteiger partial charge in [-0.05, 0) is 50.0 Å². The van der Waals surface area contributed by atoms with Crippen LogP contribution < -0.4 is 5.32 Å². The number of nitrogens with zero attached hydrogens (tertiary/aromatic N) is 5. The number of pyridine rings is 1. The number of hydrogen-bond acceptors (Lipinski definition) is 4. The van der Waals surface area contributed by atoms with E-state index in [0.717, 1.165) is 47.8 Å². The Bertz CT molecular complexity index is 987.